The molecule has 1 heterocycles. The van der Waals surface area contributed by atoms with Crippen molar-refractivity contribution in [1.82, 2.24) is 4.90 Å². The van der Waals surface area contributed by atoms with E-state index < -0.39 is 14.1 Å². The Bertz CT molecular complexity index is 767. The molecule has 0 aromatic rings. The van der Waals surface area contributed by atoms with E-state index in [9.17, 15) is 4.79 Å². The van der Waals surface area contributed by atoms with Crippen LogP contribution in [0, 0.1) is 11.8 Å². The third-order valence-electron chi connectivity index (χ3n) is 8.74. The molecule has 3 rings (SSSR count). The van der Waals surface area contributed by atoms with Crippen molar-refractivity contribution in [2.24, 2.45) is 11.8 Å². The number of hydrogen-bond donors (Lipinski definition) is 0. The van der Waals surface area contributed by atoms with E-state index in [0.29, 0.717) is 22.4 Å². The van der Waals surface area contributed by atoms with Crippen LogP contribution in [0.4, 0.5) is 0 Å². The summed E-state index contributed by atoms with van der Waals surface area (Å²) in [6.07, 6.45) is 18.4. The van der Waals surface area contributed by atoms with Crippen LogP contribution in [0.2, 0.25) is 0 Å². The molecule has 0 N–H and O–H groups in total. The maximum Gasteiger partial charge on any atom is 0.222 e. The zero-order valence-corrected chi connectivity index (χ0v) is 26.2. The summed E-state index contributed by atoms with van der Waals surface area (Å²) in [5.41, 5.74) is 0. The molecule has 36 heavy (non-hydrogen) atoms. The monoisotopic (exact) mass is 619 g/mol. The quantitative estimate of drug-likeness (QED) is 0.132. The van der Waals surface area contributed by atoms with Crippen molar-refractivity contribution < 1.29 is 4.79 Å². The Kier molecular flexibility index (Phi) is 12.3. The van der Waals surface area contributed by atoms with Gasteiger partial charge in [0.05, 0.1) is 10.1 Å². The van der Waals surface area contributed by atoms with Crippen LogP contribution in [-0.4, -0.2) is 38.0 Å². The van der Waals surface area contributed by atoms with Crippen LogP contribution < -0.4 is 0 Å². The Morgan fingerprint density at radius 3 is 1.67 bits per heavy atom. The fourth-order valence-corrected chi connectivity index (χ4v) is 9.77. The first-order valence-electron chi connectivity index (χ1n) is 14.2. The van der Waals surface area contributed by atoms with Crippen molar-refractivity contribution in [2.45, 2.75) is 130 Å². The maximum atomic E-state index is 12.4. The van der Waals surface area contributed by atoms with E-state index in [1.165, 1.54) is 32.1 Å². The summed E-state index contributed by atoms with van der Waals surface area (Å²) >= 11 is 41.4. The van der Waals surface area contributed by atoms with Gasteiger partial charge < -0.3 is 4.90 Å². The fraction of sp³-hybridized carbons (Fsp3) is 0.893. The number of likely N-dealkylation sites (tertiary alicyclic amines) is 1. The topological polar surface area (TPSA) is 20.3 Å². The van der Waals surface area contributed by atoms with Gasteiger partial charge in [-0.1, -0.05) is 118 Å². The second kappa shape index (κ2) is 14.0. The molecule has 8 heteroatoms. The zero-order chi connectivity index (χ0) is 26.4. The lowest BCUT2D eigenvalue weighted by atomic mass is 9.76. The van der Waals surface area contributed by atoms with Crippen LogP contribution in [0.3, 0.4) is 0 Å². The third kappa shape index (κ3) is 6.15. The number of nitrogens with zero attached hydrogens (tertiary/aromatic N) is 1. The minimum atomic E-state index is -1.44. The Morgan fingerprint density at radius 2 is 1.17 bits per heavy atom. The predicted molar refractivity (Wildman–Crippen MR) is 158 cm³/mol. The summed E-state index contributed by atoms with van der Waals surface area (Å²) in [5, 5.41) is 0.655. The van der Waals surface area contributed by atoms with E-state index in [1.807, 2.05) is 4.90 Å². The van der Waals surface area contributed by atoms with E-state index >= 15 is 0 Å². The van der Waals surface area contributed by atoms with Gasteiger partial charge in [0.15, 0.2) is 4.33 Å². The highest BCUT2D eigenvalue weighted by Crippen LogP contribution is 2.77. The summed E-state index contributed by atoms with van der Waals surface area (Å²) in [7, 11) is 0. The predicted octanol–water partition coefficient (Wildman–Crippen LogP) is 10.6. The van der Waals surface area contributed by atoms with E-state index in [0.717, 1.165) is 83.7 Å². The van der Waals surface area contributed by atoms with Gasteiger partial charge >= 0.3 is 0 Å². The number of fused-ring (bicyclic) bond motifs is 2. The lowest BCUT2D eigenvalue weighted by Crippen LogP contribution is -2.44. The van der Waals surface area contributed by atoms with Gasteiger partial charge in [0.2, 0.25) is 5.91 Å². The molecular formula is C28H43Cl6NO. The average molecular weight is 622 g/mol. The molecule has 0 aromatic carbocycles. The molecule has 2 aliphatic carbocycles. The lowest BCUT2D eigenvalue weighted by Gasteiger charge is -2.37. The number of carbonyl (C=O) groups is 1. The largest absolute Gasteiger partial charge is 0.343 e. The van der Waals surface area contributed by atoms with Crippen LogP contribution in [0.1, 0.15) is 116 Å². The lowest BCUT2D eigenvalue weighted by molar-refractivity contribution is -0.132. The fourth-order valence-electron chi connectivity index (χ4n) is 6.62. The highest BCUT2D eigenvalue weighted by atomic mass is 35.5. The van der Waals surface area contributed by atoms with Gasteiger partial charge in [-0.2, -0.15) is 0 Å². The van der Waals surface area contributed by atoms with Gasteiger partial charge in [-0.15, -0.1) is 23.2 Å². The normalized spacial score (nSPS) is 31.5. The molecule has 208 valence electrons. The number of alkyl halides is 4. The smallest absolute Gasteiger partial charge is 0.222 e. The van der Waals surface area contributed by atoms with Crippen LogP contribution in [-0.2, 0) is 4.79 Å². The highest BCUT2D eigenvalue weighted by Gasteiger charge is 2.81. The number of unbranched alkanes of at least 4 members (excludes halogenated alkanes) is 9. The molecule has 1 amide bonds. The Hall–Kier alpha value is 0.950. The van der Waals surface area contributed by atoms with Gasteiger partial charge in [-0.05, 0) is 50.4 Å². The van der Waals surface area contributed by atoms with Gasteiger partial charge in [0, 0.05) is 19.5 Å². The summed E-state index contributed by atoms with van der Waals surface area (Å²) < 4.78 is -1.44. The van der Waals surface area contributed by atoms with Gasteiger partial charge in [0.25, 0.3) is 0 Å². The number of rotatable bonds is 15. The van der Waals surface area contributed by atoms with Crippen LogP contribution in [0.15, 0.2) is 10.1 Å². The molecule has 1 aliphatic heterocycles. The highest BCUT2D eigenvalue weighted by molar-refractivity contribution is 6.65. The summed E-state index contributed by atoms with van der Waals surface area (Å²) in [4.78, 5) is 12.1. The standard InChI is InChI=1S/C28H43Cl6NO/c1-2-3-4-5-7-11-16-21-22(27(32)25(30)24(29)26(21,31)28(27,33)34)17-12-8-6-9-13-18-23(36)35-19-14-10-15-20-35/h21-22H,2-20H2,1H3. The molecule has 0 radical (unpaired) electrons. The van der Waals surface area contributed by atoms with E-state index in [2.05, 4.69) is 6.92 Å². The molecule has 1 saturated carbocycles. The molecule has 2 bridgehead atoms. The Balaban J connectivity index is 1.49. The average Bonchev–Trinajstić information content (AvgIpc) is 3.06. The maximum absolute atomic E-state index is 12.4. The number of halogens is 6. The molecule has 4 atom stereocenters. The van der Waals surface area contributed by atoms with E-state index in [1.54, 1.807) is 0 Å². The van der Waals surface area contributed by atoms with E-state index in [-0.39, 0.29) is 11.8 Å². The SMILES string of the molecule is CCCCCCCCC1C(CCCCCCCC(=O)N2CCCCC2)C2(Cl)C(Cl)=C(Cl)C1(Cl)C2(Cl)Cl. The minimum absolute atomic E-state index is 0.00462. The van der Waals surface area contributed by atoms with Crippen molar-refractivity contribution in [1.29, 1.82) is 0 Å². The molecule has 2 fully saturated rings. The minimum Gasteiger partial charge on any atom is -0.343 e. The summed E-state index contributed by atoms with van der Waals surface area (Å²) in [6, 6.07) is 0. The molecule has 1 saturated heterocycles. The number of carbonyl (C=O) groups excluding carboxylic acids is 1. The van der Waals surface area contributed by atoms with Crippen molar-refractivity contribution in [3.8, 4) is 0 Å². The molecule has 3 aliphatic rings. The van der Waals surface area contributed by atoms with Crippen LogP contribution >= 0.6 is 69.6 Å². The number of hydrogen-bond acceptors (Lipinski definition) is 1. The Morgan fingerprint density at radius 1 is 0.722 bits per heavy atom. The number of allylic oxidation sites excluding steroid dienone is 2. The van der Waals surface area contributed by atoms with Crippen LogP contribution in [0.5, 0.6) is 0 Å². The van der Waals surface area contributed by atoms with Crippen molar-refractivity contribution >= 4 is 75.5 Å². The molecule has 0 spiro atoms. The second-order valence-electron chi connectivity index (χ2n) is 11.1. The first-order valence-corrected chi connectivity index (χ1v) is 16.5. The van der Waals surface area contributed by atoms with Gasteiger partial charge in [0.1, 0.15) is 9.75 Å². The molecular weight excluding hydrogens is 579 g/mol. The molecule has 2 nitrogen and oxygen atoms in total. The second-order valence-corrected chi connectivity index (χ2v) is 14.4. The van der Waals surface area contributed by atoms with Crippen molar-refractivity contribution in [3.63, 3.8) is 0 Å². The summed E-state index contributed by atoms with van der Waals surface area (Å²) in [6.45, 7) is 4.10. The third-order valence-corrected chi connectivity index (χ3v) is 13.1. The van der Waals surface area contributed by atoms with Gasteiger partial charge in [-0.3, -0.25) is 4.79 Å². The number of amides is 1. The number of piperidine rings is 1. The summed E-state index contributed by atoms with van der Waals surface area (Å²) in [5.74, 6) is 0.303. The molecule has 0 aromatic heterocycles. The van der Waals surface area contributed by atoms with Gasteiger partial charge in [-0.25, -0.2) is 0 Å². The first-order chi connectivity index (χ1) is 17.1. The van der Waals surface area contributed by atoms with Crippen LogP contribution in [0.25, 0.3) is 0 Å². The van der Waals surface area contributed by atoms with Crippen molar-refractivity contribution in [3.05, 3.63) is 10.1 Å². The van der Waals surface area contributed by atoms with E-state index in [4.69, 9.17) is 69.6 Å². The van der Waals surface area contributed by atoms with Crippen molar-refractivity contribution in [2.75, 3.05) is 13.1 Å². The zero-order valence-electron chi connectivity index (χ0n) is 21.7. The first kappa shape index (κ1) is 31.5. The molecule has 4 unspecified atom stereocenters. The Labute approximate surface area is 249 Å².